The van der Waals surface area contributed by atoms with E-state index in [0.29, 0.717) is 0 Å². The number of aryl methyl sites for hydroxylation is 1. The highest BCUT2D eigenvalue weighted by Gasteiger charge is 2.09. The highest BCUT2D eigenvalue weighted by atomic mass is 16.5. The molecule has 4 nitrogen and oxygen atoms in total. The highest BCUT2D eigenvalue weighted by molar-refractivity contribution is 5.36. The second-order valence-electron chi connectivity index (χ2n) is 5.65. The monoisotopic (exact) mass is 285 g/mol. The van der Waals surface area contributed by atoms with Gasteiger partial charge in [-0.2, -0.15) is 5.10 Å². The van der Waals surface area contributed by atoms with Crippen LogP contribution in [-0.2, 0) is 0 Å². The molecule has 1 aromatic carbocycles. The molecule has 0 radical (unpaired) electrons. The van der Waals surface area contributed by atoms with Crippen molar-refractivity contribution in [3.05, 3.63) is 42.2 Å². The van der Waals surface area contributed by atoms with Gasteiger partial charge in [0.1, 0.15) is 12.4 Å². The molecule has 1 aliphatic rings. The van der Waals surface area contributed by atoms with Gasteiger partial charge in [-0.1, -0.05) is 6.42 Å². The standard InChI is InChI=1S/C17H23N3O/c1-15-9-12-20(18-15)16-5-7-17(8-6-16)21-14-13-19-10-3-2-4-11-19/h5-9,12H,2-4,10-11,13-14H2,1H3. The molecule has 2 heterocycles. The summed E-state index contributed by atoms with van der Waals surface area (Å²) in [5, 5.41) is 4.40. The minimum atomic E-state index is 0.764. The van der Waals surface area contributed by atoms with Crippen molar-refractivity contribution in [1.29, 1.82) is 0 Å². The quantitative estimate of drug-likeness (QED) is 0.846. The maximum Gasteiger partial charge on any atom is 0.119 e. The summed E-state index contributed by atoms with van der Waals surface area (Å²) in [6, 6.07) is 10.1. The summed E-state index contributed by atoms with van der Waals surface area (Å²) in [5.74, 6) is 0.930. The smallest absolute Gasteiger partial charge is 0.119 e. The number of benzene rings is 1. The van der Waals surface area contributed by atoms with Crippen LogP contribution in [-0.4, -0.2) is 40.9 Å². The predicted octanol–water partition coefficient (Wildman–Crippen LogP) is 3.05. The molecule has 0 amide bonds. The molecule has 1 fully saturated rings. The van der Waals surface area contributed by atoms with E-state index in [0.717, 1.165) is 30.3 Å². The molecule has 4 heteroatoms. The average molecular weight is 285 g/mol. The van der Waals surface area contributed by atoms with E-state index in [1.807, 2.05) is 48.1 Å². The number of ether oxygens (including phenoxy) is 1. The first kappa shape index (κ1) is 14.1. The Morgan fingerprint density at radius 2 is 1.81 bits per heavy atom. The molecule has 1 saturated heterocycles. The van der Waals surface area contributed by atoms with E-state index >= 15 is 0 Å². The fraction of sp³-hybridized carbons (Fsp3) is 0.471. The maximum atomic E-state index is 5.83. The van der Waals surface area contributed by atoms with Crippen molar-refractivity contribution in [2.24, 2.45) is 0 Å². The van der Waals surface area contributed by atoms with E-state index in [1.54, 1.807) is 0 Å². The molecular weight excluding hydrogens is 262 g/mol. The molecule has 3 rings (SSSR count). The number of hydrogen-bond donors (Lipinski definition) is 0. The second-order valence-corrected chi connectivity index (χ2v) is 5.65. The third-order valence-corrected chi connectivity index (χ3v) is 3.95. The number of aromatic nitrogens is 2. The third-order valence-electron chi connectivity index (χ3n) is 3.95. The van der Waals surface area contributed by atoms with Gasteiger partial charge in [-0.05, 0) is 63.2 Å². The van der Waals surface area contributed by atoms with Crippen LogP contribution in [0.15, 0.2) is 36.5 Å². The molecule has 1 aromatic heterocycles. The number of hydrogen-bond acceptors (Lipinski definition) is 3. The average Bonchev–Trinajstić information content (AvgIpc) is 2.96. The third kappa shape index (κ3) is 3.85. The van der Waals surface area contributed by atoms with Gasteiger partial charge in [0.2, 0.25) is 0 Å². The Hall–Kier alpha value is -1.81. The van der Waals surface area contributed by atoms with Gasteiger partial charge in [-0.15, -0.1) is 0 Å². The van der Waals surface area contributed by atoms with Gasteiger partial charge in [-0.25, -0.2) is 4.68 Å². The minimum Gasteiger partial charge on any atom is -0.492 e. The summed E-state index contributed by atoms with van der Waals surface area (Å²) in [7, 11) is 0. The Morgan fingerprint density at radius 3 is 2.48 bits per heavy atom. The van der Waals surface area contributed by atoms with E-state index in [1.165, 1.54) is 32.4 Å². The van der Waals surface area contributed by atoms with E-state index in [4.69, 9.17) is 4.74 Å². The molecule has 112 valence electrons. The number of nitrogens with zero attached hydrogens (tertiary/aromatic N) is 3. The molecule has 0 N–H and O–H groups in total. The Morgan fingerprint density at radius 1 is 1.05 bits per heavy atom. The van der Waals surface area contributed by atoms with Crippen LogP contribution >= 0.6 is 0 Å². The van der Waals surface area contributed by atoms with Gasteiger partial charge >= 0.3 is 0 Å². The zero-order chi connectivity index (χ0) is 14.5. The summed E-state index contributed by atoms with van der Waals surface area (Å²) in [6.45, 7) is 6.23. The molecular formula is C17H23N3O. The molecule has 0 unspecified atom stereocenters. The Kier molecular flexibility index (Phi) is 4.55. The number of piperidine rings is 1. The second kappa shape index (κ2) is 6.76. The predicted molar refractivity (Wildman–Crippen MR) is 84.1 cm³/mol. The highest BCUT2D eigenvalue weighted by Crippen LogP contribution is 2.15. The Bertz CT molecular complexity index is 556. The van der Waals surface area contributed by atoms with Crippen LogP contribution in [0, 0.1) is 6.92 Å². The van der Waals surface area contributed by atoms with Crippen LogP contribution in [0.2, 0.25) is 0 Å². The zero-order valence-electron chi connectivity index (χ0n) is 12.7. The molecule has 0 atom stereocenters. The number of rotatable bonds is 5. The fourth-order valence-electron chi connectivity index (χ4n) is 2.73. The zero-order valence-corrected chi connectivity index (χ0v) is 12.7. The SMILES string of the molecule is Cc1ccn(-c2ccc(OCCN3CCCCC3)cc2)n1. The van der Waals surface area contributed by atoms with Crippen molar-refractivity contribution >= 4 is 0 Å². The lowest BCUT2D eigenvalue weighted by Gasteiger charge is -2.26. The number of likely N-dealkylation sites (tertiary alicyclic amines) is 1. The molecule has 1 aliphatic heterocycles. The van der Waals surface area contributed by atoms with Crippen LogP contribution in [0.1, 0.15) is 25.0 Å². The van der Waals surface area contributed by atoms with E-state index in [9.17, 15) is 0 Å². The molecule has 0 bridgehead atoms. The van der Waals surface area contributed by atoms with E-state index < -0.39 is 0 Å². The first-order chi connectivity index (χ1) is 10.3. The minimum absolute atomic E-state index is 0.764. The lowest BCUT2D eigenvalue weighted by molar-refractivity contribution is 0.183. The summed E-state index contributed by atoms with van der Waals surface area (Å²) < 4.78 is 7.72. The van der Waals surface area contributed by atoms with Crippen molar-refractivity contribution in [1.82, 2.24) is 14.7 Å². The first-order valence-electron chi connectivity index (χ1n) is 7.79. The van der Waals surface area contributed by atoms with Gasteiger partial charge in [-0.3, -0.25) is 4.90 Å². The van der Waals surface area contributed by atoms with Gasteiger partial charge < -0.3 is 4.74 Å². The summed E-state index contributed by atoms with van der Waals surface area (Å²) in [4.78, 5) is 2.49. The van der Waals surface area contributed by atoms with Crippen LogP contribution in [0.25, 0.3) is 5.69 Å². The summed E-state index contributed by atoms with van der Waals surface area (Å²) in [5.41, 5.74) is 2.09. The van der Waals surface area contributed by atoms with Gasteiger partial charge in [0.05, 0.1) is 11.4 Å². The van der Waals surface area contributed by atoms with Crippen LogP contribution in [0.4, 0.5) is 0 Å². The van der Waals surface area contributed by atoms with Crippen molar-refractivity contribution < 1.29 is 4.74 Å². The van der Waals surface area contributed by atoms with E-state index in [-0.39, 0.29) is 0 Å². The maximum absolute atomic E-state index is 5.83. The van der Waals surface area contributed by atoms with Gasteiger partial charge in [0.15, 0.2) is 0 Å². The Labute approximate surface area is 126 Å². The topological polar surface area (TPSA) is 30.3 Å². The van der Waals surface area contributed by atoms with Gasteiger partial charge in [0, 0.05) is 12.7 Å². The van der Waals surface area contributed by atoms with Crippen molar-refractivity contribution in [2.75, 3.05) is 26.2 Å². The molecule has 21 heavy (non-hydrogen) atoms. The van der Waals surface area contributed by atoms with Crippen LogP contribution < -0.4 is 4.74 Å². The van der Waals surface area contributed by atoms with Crippen molar-refractivity contribution in [3.63, 3.8) is 0 Å². The molecule has 2 aromatic rings. The molecule has 0 saturated carbocycles. The first-order valence-corrected chi connectivity index (χ1v) is 7.79. The largest absolute Gasteiger partial charge is 0.492 e. The molecule has 0 aliphatic carbocycles. The fourth-order valence-corrected chi connectivity index (χ4v) is 2.73. The van der Waals surface area contributed by atoms with E-state index in [2.05, 4.69) is 10.00 Å². The summed E-state index contributed by atoms with van der Waals surface area (Å²) in [6.07, 6.45) is 6.02. The normalized spacial score (nSPS) is 16.0. The van der Waals surface area contributed by atoms with Crippen LogP contribution in [0.3, 0.4) is 0 Å². The lowest BCUT2D eigenvalue weighted by Crippen LogP contribution is -2.33. The van der Waals surface area contributed by atoms with Gasteiger partial charge in [0.25, 0.3) is 0 Å². The Balaban J connectivity index is 1.50. The lowest BCUT2D eigenvalue weighted by atomic mass is 10.1. The van der Waals surface area contributed by atoms with Crippen LogP contribution in [0.5, 0.6) is 5.75 Å². The summed E-state index contributed by atoms with van der Waals surface area (Å²) >= 11 is 0. The van der Waals surface area contributed by atoms with Crippen molar-refractivity contribution in [2.45, 2.75) is 26.2 Å². The molecule has 0 spiro atoms. The van der Waals surface area contributed by atoms with Crippen molar-refractivity contribution in [3.8, 4) is 11.4 Å².